The Kier molecular flexibility index (Phi) is 3.25. The monoisotopic (exact) mass is 291 g/mol. The smallest absolute Gasteiger partial charge is 0.338 e. The summed E-state index contributed by atoms with van der Waals surface area (Å²) in [4.78, 5) is 36.3. The highest BCUT2D eigenvalue weighted by Gasteiger charge is 2.33. The number of anilines is 1. The Balaban J connectivity index is 1.83. The summed E-state index contributed by atoms with van der Waals surface area (Å²) < 4.78 is 4.95. The zero-order chi connectivity index (χ0) is 14.3. The molecule has 0 bridgehead atoms. The fraction of sp³-hybridized carbons (Fsp3) is 0.357. The van der Waals surface area contributed by atoms with Gasteiger partial charge in [0.2, 0.25) is 5.91 Å². The molecule has 0 radical (unpaired) electrons. The molecule has 2 aliphatic rings. The van der Waals surface area contributed by atoms with E-state index in [1.165, 1.54) is 18.7 Å². The number of thioether (sulfide) groups is 1. The number of amides is 1. The molecule has 3 rings (SSSR count). The Labute approximate surface area is 120 Å². The zero-order valence-corrected chi connectivity index (χ0v) is 11.7. The van der Waals surface area contributed by atoms with E-state index in [9.17, 15) is 14.4 Å². The molecule has 6 heteroatoms. The maximum absolute atomic E-state index is 12.0. The average molecular weight is 291 g/mol. The number of hydrogen-bond donors (Lipinski definition) is 0. The summed E-state index contributed by atoms with van der Waals surface area (Å²) in [6.07, 6.45) is 0.353. The van der Waals surface area contributed by atoms with Gasteiger partial charge in [-0.15, -0.1) is 0 Å². The number of rotatable bonds is 2. The van der Waals surface area contributed by atoms with Gasteiger partial charge in [0.15, 0.2) is 5.12 Å². The lowest BCUT2D eigenvalue weighted by Crippen LogP contribution is -2.25. The Bertz CT molecular complexity index is 613. The molecule has 1 atom stereocenters. The van der Waals surface area contributed by atoms with Crippen molar-refractivity contribution in [3.05, 3.63) is 29.3 Å². The van der Waals surface area contributed by atoms with Crippen molar-refractivity contribution in [3.63, 3.8) is 0 Å². The van der Waals surface area contributed by atoms with E-state index in [1.807, 2.05) is 12.1 Å². The molecule has 1 aromatic rings. The summed E-state index contributed by atoms with van der Waals surface area (Å²) in [6, 6.07) is 5.33. The fourth-order valence-electron chi connectivity index (χ4n) is 2.51. The summed E-state index contributed by atoms with van der Waals surface area (Å²) in [5.41, 5.74) is 2.07. The van der Waals surface area contributed by atoms with E-state index in [1.54, 1.807) is 11.0 Å². The van der Waals surface area contributed by atoms with Gasteiger partial charge in [0.25, 0.3) is 0 Å². The molecule has 5 nitrogen and oxygen atoms in total. The maximum atomic E-state index is 12.0. The fourth-order valence-corrected chi connectivity index (χ4v) is 3.43. The quantitative estimate of drug-likeness (QED) is 0.777. The standard InChI is InChI=1S/C14H13NO4S/c1-8(16)20-11-5-13(17)15(6-11)10-3-2-9-7-19-14(18)12(9)4-10/h2-4,11H,5-7H2,1H3. The van der Waals surface area contributed by atoms with Gasteiger partial charge < -0.3 is 9.64 Å². The van der Waals surface area contributed by atoms with Crippen molar-refractivity contribution in [2.75, 3.05) is 11.4 Å². The second-order valence-electron chi connectivity index (χ2n) is 4.86. The number of hydrogen-bond acceptors (Lipinski definition) is 5. The molecule has 2 aliphatic heterocycles. The van der Waals surface area contributed by atoms with E-state index in [-0.39, 0.29) is 22.2 Å². The number of fused-ring (bicyclic) bond motifs is 1. The minimum Gasteiger partial charge on any atom is -0.457 e. The molecule has 20 heavy (non-hydrogen) atoms. The molecular weight excluding hydrogens is 278 g/mol. The third-order valence-electron chi connectivity index (χ3n) is 3.41. The van der Waals surface area contributed by atoms with Crippen molar-refractivity contribution >= 4 is 34.4 Å². The molecule has 0 aliphatic carbocycles. The lowest BCUT2D eigenvalue weighted by atomic mass is 10.1. The van der Waals surface area contributed by atoms with Gasteiger partial charge in [-0.05, 0) is 12.1 Å². The summed E-state index contributed by atoms with van der Waals surface area (Å²) >= 11 is 1.20. The van der Waals surface area contributed by atoms with Crippen LogP contribution in [0.3, 0.4) is 0 Å². The van der Waals surface area contributed by atoms with Crippen LogP contribution >= 0.6 is 11.8 Å². The number of esters is 1. The third-order valence-corrected chi connectivity index (χ3v) is 4.39. The molecular formula is C14H13NO4S. The van der Waals surface area contributed by atoms with E-state index < -0.39 is 0 Å². The normalized spacial score (nSPS) is 21.1. The molecule has 0 aromatic heterocycles. The van der Waals surface area contributed by atoms with Crippen molar-refractivity contribution in [1.29, 1.82) is 0 Å². The van der Waals surface area contributed by atoms with E-state index in [4.69, 9.17) is 4.74 Å². The zero-order valence-electron chi connectivity index (χ0n) is 10.9. The average Bonchev–Trinajstić information content (AvgIpc) is 2.93. The second-order valence-corrected chi connectivity index (χ2v) is 6.33. The highest BCUT2D eigenvalue weighted by molar-refractivity contribution is 8.14. The van der Waals surface area contributed by atoms with E-state index in [0.29, 0.717) is 30.8 Å². The van der Waals surface area contributed by atoms with Crippen molar-refractivity contribution in [2.45, 2.75) is 25.2 Å². The van der Waals surface area contributed by atoms with Gasteiger partial charge in [0, 0.05) is 36.4 Å². The largest absolute Gasteiger partial charge is 0.457 e. The number of ether oxygens (including phenoxy) is 1. The highest BCUT2D eigenvalue weighted by atomic mass is 32.2. The lowest BCUT2D eigenvalue weighted by Gasteiger charge is -2.16. The second kappa shape index (κ2) is 4.94. The predicted octanol–water partition coefficient (Wildman–Crippen LogP) is 1.74. The van der Waals surface area contributed by atoms with Crippen molar-refractivity contribution in [3.8, 4) is 0 Å². The Morgan fingerprint density at radius 3 is 2.95 bits per heavy atom. The van der Waals surface area contributed by atoms with Crippen LogP contribution in [0, 0.1) is 0 Å². The van der Waals surface area contributed by atoms with E-state index >= 15 is 0 Å². The minimum atomic E-state index is -0.344. The number of nitrogens with zero attached hydrogens (tertiary/aromatic N) is 1. The van der Waals surface area contributed by atoms with Crippen LogP contribution in [0.25, 0.3) is 0 Å². The molecule has 1 unspecified atom stereocenters. The van der Waals surface area contributed by atoms with Crippen LogP contribution in [0.1, 0.15) is 29.3 Å². The Morgan fingerprint density at radius 2 is 2.20 bits per heavy atom. The Hall–Kier alpha value is -1.82. The summed E-state index contributed by atoms with van der Waals surface area (Å²) in [5, 5.41) is 0.00221. The lowest BCUT2D eigenvalue weighted by molar-refractivity contribution is -0.117. The number of carbonyl (C=O) groups excluding carboxylic acids is 3. The van der Waals surface area contributed by atoms with Crippen LogP contribution < -0.4 is 4.90 Å². The first-order valence-electron chi connectivity index (χ1n) is 6.32. The molecule has 104 valence electrons. The van der Waals surface area contributed by atoms with Gasteiger partial charge in [0.05, 0.1) is 5.56 Å². The summed E-state index contributed by atoms with van der Waals surface area (Å²) in [5.74, 6) is -0.363. The van der Waals surface area contributed by atoms with Crippen LogP contribution in [-0.4, -0.2) is 28.8 Å². The van der Waals surface area contributed by atoms with Crippen molar-refractivity contribution in [2.24, 2.45) is 0 Å². The Morgan fingerprint density at radius 1 is 1.40 bits per heavy atom. The summed E-state index contributed by atoms with van der Waals surface area (Å²) in [7, 11) is 0. The molecule has 1 saturated heterocycles. The minimum absolute atomic E-state index is 0.0137. The predicted molar refractivity (Wildman–Crippen MR) is 74.6 cm³/mol. The third kappa shape index (κ3) is 2.31. The topological polar surface area (TPSA) is 63.7 Å². The molecule has 1 amide bonds. The number of carbonyl (C=O) groups is 3. The molecule has 2 heterocycles. The molecule has 0 spiro atoms. The van der Waals surface area contributed by atoms with Gasteiger partial charge in [-0.3, -0.25) is 9.59 Å². The van der Waals surface area contributed by atoms with Gasteiger partial charge in [-0.2, -0.15) is 0 Å². The van der Waals surface area contributed by atoms with Crippen molar-refractivity contribution in [1.82, 2.24) is 0 Å². The highest BCUT2D eigenvalue weighted by Crippen LogP contribution is 2.31. The van der Waals surface area contributed by atoms with E-state index in [2.05, 4.69) is 0 Å². The van der Waals surface area contributed by atoms with Crippen molar-refractivity contribution < 1.29 is 19.1 Å². The first-order valence-corrected chi connectivity index (χ1v) is 7.20. The molecule has 1 fully saturated rings. The van der Waals surface area contributed by atoms with Crippen LogP contribution in [0.15, 0.2) is 18.2 Å². The molecule has 0 N–H and O–H groups in total. The molecule has 1 aromatic carbocycles. The van der Waals surface area contributed by atoms with Gasteiger partial charge in [0.1, 0.15) is 6.61 Å². The number of cyclic esters (lactones) is 1. The summed E-state index contributed by atoms with van der Waals surface area (Å²) in [6.45, 7) is 2.30. The van der Waals surface area contributed by atoms with Crippen LogP contribution in [0.5, 0.6) is 0 Å². The van der Waals surface area contributed by atoms with Crippen LogP contribution in [-0.2, 0) is 20.9 Å². The molecule has 0 saturated carbocycles. The van der Waals surface area contributed by atoms with Gasteiger partial charge >= 0.3 is 5.97 Å². The SMILES string of the molecule is CC(=O)SC1CC(=O)N(c2ccc3c(c2)C(=O)OC3)C1. The number of benzene rings is 1. The van der Waals surface area contributed by atoms with Gasteiger partial charge in [-0.25, -0.2) is 4.79 Å². The first-order chi connectivity index (χ1) is 9.54. The van der Waals surface area contributed by atoms with Crippen LogP contribution in [0.4, 0.5) is 5.69 Å². The first kappa shape index (κ1) is 13.2. The maximum Gasteiger partial charge on any atom is 0.338 e. The van der Waals surface area contributed by atoms with Crippen LogP contribution in [0.2, 0.25) is 0 Å². The van der Waals surface area contributed by atoms with Gasteiger partial charge in [-0.1, -0.05) is 17.8 Å². The van der Waals surface area contributed by atoms with E-state index in [0.717, 1.165) is 5.56 Å².